The maximum absolute atomic E-state index is 12.8. The van der Waals surface area contributed by atoms with Crippen molar-refractivity contribution in [3.05, 3.63) is 36.5 Å². The molecule has 0 saturated heterocycles. The Morgan fingerprint density at radius 3 is 0.884 bits per heavy atom. The lowest BCUT2D eigenvalue weighted by atomic mass is 10.0. The highest BCUT2D eigenvalue weighted by Crippen LogP contribution is 2.18. The molecule has 0 aliphatic carbocycles. The molecule has 0 fully saturated rings. The largest absolute Gasteiger partial charge is 0.462 e. The van der Waals surface area contributed by atoms with Crippen molar-refractivity contribution >= 4 is 17.9 Å². The molecular formula is C63H116O6. The highest BCUT2D eigenvalue weighted by atomic mass is 16.6. The standard InChI is InChI=1S/C63H116O6/c1-4-7-10-13-16-19-22-25-27-28-29-30-31-32-33-34-35-36-39-41-44-47-50-53-56-62(65)68-59-60(58-67-61(64)55-52-49-46-43-40-37-24-21-18-15-12-9-6-3)69-63(66)57-54-51-48-45-42-38-26-23-20-17-14-11-8-5-2/h9,12,18,21,37,40,60H,4-8,10-11,13-17,19-20,22-36,38-39,41-59H2,1-3H3/b12-9-,21-18-,40-37-. The topological polar surface area (TPSA) is 78.9 Å². The Balaban J connectivity index is 4.23. The van der Waals surface area contributed by atoms with E-state index in [1.54, 1.807) is 0 Å². The molecule has 0 aromatic rings. The molecule has 0 aromatic heterocycles. The molecule has 6 nitrogen and oxygen atoms in total. The van der Waals surface area contributed by atoms with Crippen LogP contribution in [0.2, 0.25) is 0 Å². The summed E-state index contributed by atoms with van der Waals surface area (Å²) in [5.41, 5.74) is 0. The van der Waals surface area contributed by atoms with Gasteiger partial charge in [-0.2, -0.15) is 0 Å². The van der Waals surface area contributed by atoms with E-state index < -0.39 is 6.10 Å². The van der Waals surface area contributed by atoms with Crippen molar-refractivity contribution in [2.75, 3.05) is 13.2 Å². The molecule has 0 N–H and O–H groups in total. The third kappa shape index (κ3) is 56.4. The van der Waals surface area contributed by atoms with E-state index in [1.807, 2.05) is 0 Å². The van der Waals surface area contributed by atoms with Crippen molar-refractivity contribution in [3.8, 4) is 0 Å². The second-order valence-corrected chi connectivity index (χ2v) is 20.6. The van der Waals surface area contributed by atoms with E-state index in [9.17, 15) is 14.4 Å². The average molecular weight is 970 g/mol. The van der Waals surface area contributed by atoms with Gasteiger partial charge in [-0.05, 0) is 51.4 Å². The third-order valence-corrected chi connectivity index (χ3v) is 13.7. The van der Waals surface area contributed by atoms with E-state index in [-0.39, 0.29) is 31.1 Å². The summed E-state index contributed by atoms with van der Waals surface area (Å²) in [5.74, 6) is -0.886. The summed E-state index contributed by atoms with van der Waals surface area (Å²) in [6.07, 6.45) is 70.2. The first-order chi connectivity index (χ1) is 34.0. The zero-order valence-corrected chi connectivity index (χ0v) is 46.3. The van der Waals surface area contributed by atoms with Gasteiger partial charge in [0.2, 0.25) is 0 Å². The number of esters is 3. The Hall–Kier alpha value is -2.37. The van der Waals surface area contributed by atoms with Crippen molar-refractivity contribution in [3.63, 3.8) is 0 Å². The molecule has 0 rings (SSSR count). The zero-order valence-electron chi connectivity index (χ0n) is 46.3. The molecule has 0 spiro atoms. The minimum atomic E-state index is -0.780. The molecule has 0 saturated carbocycles. The first kappa shape index (κ1) is 66.6. The first-order valence-corrected chi connectivity index (χ1v) is 30.5. The van der Waals surface area contributed by atoms with Gasteiger partial charge < -0.3 is 14.2 Å². The van der Waals surface area contributed by atoms with Gasteiger partial charge in [-0.1, -0.05) is 295 Å². The number of allylic oxidation sites excluding steroid dienone is 6. The van der Waals surface area contributed by atoms with E-state index in [4.69, 9.17) is 14.2 Å². The van der Waals surface area contributed by atoms with Crippen LogP contribution in [0.5, 0.6) is 0 Å². The van der Waals surface area contributed by atoms with Gasteiger partial charge >= 0.3 is 17.9 Å². The first-order valence-electron chi connectivity index (χ1n) is 30.5. The van der Waals surface area contributed by atoms with Gasteiger partial charge in [-0.3, -0.25) is 14.4 Å². The fourth-order valence-corrected chi connectivity index (χ4v) is 9.11. The lowest BCUT2D eigenvalue weighted by Gasteiger charge is -2.18. The van der Waals surface area contributed by atoms with Crippen LogP contribution in [0.4, 0.5) is 0 Å². The maximum Gasteiger partial charge on any atom is 0.306 e. The Bertz CT molecular complexity index is 1160. The van der Waals surface area contributed by atoms with Crippen molar-refractivity contribution < 1.29 is 28.6 Å². The van der Waals surface area contributed by atoms with Crippen LogP contribution < -0.4 is 0 Å². The molecule has 0 amide bonds. The summed E-state index contributed by atoms with van der Waals surface area (Å²) in [7, 11) is 0. The normalized spacial score (nSPS) is 12.2. The summed E-state index contributed by atoms with van der Waals surface area (Å²) in [5, 5.41) is 0. The summed E-state index contributed by atoms with van der Waals surface area (Å²) < 4.78 is 16.9. The molecule has 0 radical (unpaired) electrons. The Labute approximate surface area is 429 Å². The van der Waals surface area contributed by atoms with Crippen LogP contribution >= 0.6 is 0 Å². The van der Waals surface area contributed by atoms with Gasteiger partial charge in [0.25, 0.3) is 0 Å². The molecule has 404 valence electrons. The fourth-order valence-electron chi connectivity index (χ4n) is 9.11. The molecule has 0 aliphatic rings. The molecule has 0 heterocycles. The minimum Gasteiger partial charge on any atom is -0.462 e. The molecule has 0 aliphatic heterocycles. The molecule has 1 unspecified atom stereocenters. The quantitative estimate of drug-likeness (QED) is 0.0261. The second kappa shape index (κ2) is 58.2. The van der Waals surface area contributed by atoms with Crippen LogP contribution in [0.25, 0.3) is 0 Å². The number of hydrogen-bond acceptors (Lipinski definition) is 6. The van der Waals surface area contributed by atoms with Crippen LogP contribution in [0, 0.1) is 0 Å². The number of hydrogen-bond donors (Lipinski definition) is 0. The highest BCUT2D eigenvalue weighted by Gasteiger charge is 2.19. The summed E-state index contributed by atoms with van der Waals surface area (Å²) in [6, 6.07) is 0. The van der Waals surface area contributed by atoms with E-state index in [1.165, 1.54) is 205 Å². The predicted octanol–water partition coefficient (Wildman–Crippen LogP) is 20.4. The SMILES string of the molecule is CC/C=C\C/C=C\C/C=C\CCCCCC(=O)OCC(COC(=O)CCCCCCCCCCCCCCCCCCCCCCCCCC)OC(=O)CCCCCCCCCCCCCCCC. The van der Waals surface area contributed by atoms with Crippen LogP contribution in [0.3, 0.4) is 0 Å². The third-order valence-electron chi connectivity index (χ3n) is 13.7. The van der Waals surface area contributed by atoms with Gasteiger partial charge in [0.05, 0.1) is 0 Å². The van der Waals surface area contributed by atoms with Gasteiger partial charge in [-0.25, -0.2) is 0 Å². The molecular weight excluding hydrogens is 853 g/mol. The molecule has 6 heteroatoms. The van der Waals surface area contributed by atoms with E-state index >= 15 is 0 Å². The van der Waals surface area contributed by atoms with Crippen LogP contribution in [-0.4, -0.2) is 37.2 Å². The van der Waals surface area contributed by atoms with Crippen molar-refractivity contribution in [2.45, 2.75) is 335 Å². The summed E-state index contributed by atoms with van der Waals surface area (Å²) in [4.78, 5) is 38.1. The predicted molar refractivity (Wildman–Crippen MR) is 298 cm³/mol. The molecule has 1 atom stereocenters. The fraction of sp³-hybridized carbons (Fsp3) is 0.857. The smallest absolute Gasteiger partial charge is 0.306 e. The Morgan fingerprint density at radius 2 is 0.565 bits per heavy atom. The summed E-state index contributed by atoms with van der Waals surface area (Å²) in [6.45, 7) is 6.55. The number of carbonyl (C=O) groups is 3. The Kier molecular flexibility index (Phi) is 56.2. The van der Waals surface area contributed by atoms with Gasteiger partial charge in [-0.15, -0.1) is 0 Å². The van der Waals surface area contributed by atoms with Gasteiger partial charge in [0.1, 0.15) is 13.2 Å². The zero-order chi connectivity index (χ0) is 50.0. The van der Waals surface area contributed by atoms with Gasteiger partial charge in [0, 0.05) is 19.3 Å². The summed E-state index contributed by atoms with van der Waals surface area (Å²) >= 11 is 0. The van der Waals surface area contributed by atoms with Crippen LogP contribution in [0.15, 0.2) is 36.5 Å². The van der Waals surface area contributed by atoms with E-state index in [2.05, 4.69) is 57.2 Å². The van der Waals surface area contributed by atoms with E-state index in [0.717, 1.165) is 83.5 Å². The van der Waals surface area contributed by atoms with Crippen molar-refractivity contribution in [2.24, 2.45) is 0 Å². The van der Waals surface area contributed by atoms with E-state index in [0.29, 0.717) is 19.3 Å². The van der Waals surface area contributed by atoms with Crippen molar-refractivity contribution in [1.82, 2.24) is 0 Å². The molecule has 69 heavy (non-hydrogen) atoms. The average Bonchev–Trinajstić information content (AvgIpc) is 3.35. The Morgan fingerprint density at radius 1 is 0.304 bits per heavy atom. The number of unbranched alkanes of at least 4 members (excludes halogenated alkanes) is 39. The number of carbonyl (C=O) groups excluding carboxylic acids is 3. The van der Waals surface area contributed by atoms with Crippen LogP contribution in [0.1, 0.15) is 329 Å². The maximum atomic E-state index is 12.8. The minimum absolute atomic E-state index is 0.0764. The van der Waals surface area contributed by atoms with Gasteiger partial charge in [0.15, 0.2) is 6.10 Å². The molecule has 0 bridgehead atoms. The molecule has 0 aromatic carbocycles. The highest BCUT2D eigenvalue weighted by molar-refractivity contribution is 5.71. The van der Waals surface area contributed by atoms with Crippen LogP contribution in [-0.2, 0) is 28.6 Å². The lowest BCUT2D eigenvalue weighted by molar-refractivity contribution is -0.167. The monoisotopic (exact) mass is 969 g/mol. The number of ether oxygens (including phenoxy) is 3. The second-order valence-electron chi connectivity index (χ2n) is 20.6. The lowest BCUT2D eigenvalue weighted by Crippen LogP contribution is -2.30. The number of rotatable bonds is 56. The van der Waals surface area contributed by atoms with Crippen molar-refractivity contribution in [1.29, 1.82) is 0 Å².